The van der Waals surface area contributed by atoms with Gasteiger partial charge in [-0.3, -0.25) is 14.9 Å². The Hall–Kier alpha value is -3.00. The number of likely N-dealkylation sites (N-methyl/N-ethyl adjacent to an activating group) is 1. The molecule has 3 rings (SSSR count). The Bertz CT molecular complexity index is 801. The first-order valence-electron chi connectivity index (χ1n) is 9.01. The zero-order chi connectivity index (χ0) is 19.2. The molecule has 1 aliphatic heterocycles. The summed E-state index contributed by atoms with van der Waals surface area (Å²) in [6.45, 7) is 7.57. The van der Waals surface area contributed by atoms with E-state index in [0.717, 1.165) is 44.1 Å². The third kappa shape index (κ3) is 4.79. The molecule has 8 nitrogen and oxygen atoms in total. The van der Waals surface area contributed by atoms with Gasteiger partial charge < -0.3 is 15.1 Å². The normalized spacial score (nSPS) is 14.8. The third-order valence-corrected chi connectivity index (χ3v) is 4.72. The van der Waals surface area contributed by atoms with Crippen LogP contribution in [0.5, 0.6) is 0 Å². The van der Waals surface area contributed by atoms with Gasteiger partial charge in [0.05, 0.1) is 4.92 Å². The van der Waals surface area contributed by atoms with E-state index in [1.165, 1.54) is 18.2 Å². The Morgan fingerprint density at radius 2 is 2.00 bits per heavy atom. The predicted octanol–water partition coefficient (Wildman–Crippen LogP) is 2.06. The van der Waals surface area contributed by atoms with E-state index >= 15 is 0 Å². The summed E-state index contributed by atoms with van der Waals surface area (Å²) in [4.78, 5) is 31.7. The van der Waals surface area contributed by atoms with Crippen molar-refractivity contribution in [3.8, 4) is 0 Å². The molecule has 0 unspecified atom stereocenters. The van der Waals surface area contributed by atoms with Gasteiger partial charge in [-0.15, -0.1) is 0 Å². The summed E-state index contributed by atoms with van der Waals surface area (Å²) in [6.07, 6.45) is 1.76. The van der Waals surface area contributed by atoms with Crippen LogP contribution in [0.25, 0.3) is 0 Å². The Balaban J connectivity index is 1.55. The highest BCUT2D eigenvalue weighted by atomic mass is 16.6. The smallest absolute Gasteiger partial charge is 0.270 e. The van der Waals surface area contributed by atoms with Gasteiger partial charge >= 0.3 is 0 Å². The minimum atomic E-state index is -0.514. The van der Waals surface area contributed by atoms with Crippen LogP contribution in [0.2, 0.25) is 0 Å². The average molecular weight is 369 g/mol. The lowest BCUT2D eigenvalue weighted by molar-refractivity contribution is -0.384. The molecule has 0 radical (unpaired) electrons. The van der Waals surface area contributed by atoms with Crippen molar-refractivity contribution < 1.29 is 9.72 Å². The number of carbonyl (C=O) groups is 1. The maximum absolute atomic E-state index is 12.2. The number of nitro groups is 1. The van der Waals surface area contributed by atoms with Crippen molar-refractivity contribution >= 4 is 17.4 Å². The number of piperazine rings is 1. The number of pyridine rings is 1. The largest absolute Gasteiger partial charge is 0.354 e. The SMILES string of the molecule is CCN1CCN(c2ccc(CNC(=O)c3cccc([N+](=O)[O-])c3)cn2)CC1. The minimum Gasteiger partial charge on any atom is -0.354 e. The monoisotopic (exact) mass is 369 g/mol. The Morgan fingerprint density at radius 1 is 1.22 bits per heavy atom. The van der Waals surface area contributed by atoms with Crippen LogP contribution >= 0.6 is 0 Å². The number of nitrogens with zero attached hydrogens (tertiary/aromatic N) is 4. The van der Waals surface area contributed by atoms with Crippen molar-refractivity contribution in [1.82, 2.24) is 15.2 Å². The number of non-ortho nitro benzene ring substituents is 1. The van der Waals surface area contributed by atoms with Gasteiger partial charge in [0.15, 0.2) is 0 Å². The number of benzene rings is 1. The third-order valence-electron chi connectivity index (χ3n) is 4.72. The standard InChI is InChI=1S/C19H23N5O3/c1-2-22-8-10-23(11-9-22)18-7-6-15(13-20-18)14-21-19(25)16-4-3-5-17(12-16)24(26)27/h3-7,12-13H,2,8-11,14H2,1H3,(H,21,25). The molecule has 142 valence electrons. The average Bonchev–Trinajstić information content (AvgIpc) is 2.72. The molecule has 0 aliphatic carbocycles. The number of anilines is 1. The second-order valence-corrected chi connectivity index (χ2v) is 6.44. The van der Waals surface area contributed by atoms with Crippen molar-refractivity contribution in [2.45, 2.75) is 13.5 Å². The van der Waals surface area contributed by atoms with Gasteiger partial charge in [0.2, 0.25) is 0 Å². The van der Waals surface area contributed by atoms with Gasteiger partial charge in [0.1, 0.15) is 5.82 Å². The summed E-state index contributed by atoms with van der Waals surface area (Å²) >= 11 is 0. The Morgan fingerprint density at radius 3 is 2.63 bits per heavy atom. The van der Waals surface area contributed by atoms with Gasteiger partial charge in [0, 0.05) is 56.6 Å². The molecular formula is C19H23N5O3. The van der Waals surface area contributed by atoms with E-state index in [4.69, 9.17) is 0 Å². The van der Waals surface area contributed by atoms with E-state index in [1.807, 2.05) is 12.1 Å². The molecule has 2 heterocycles. The highest BCUT2D eigenvalue weighted by Crippen LogP contribution is 2.15. The van der Waals surface area contributed by atoms with Crippen LogP contribution in [-0.2, 0) is 6.54 Å². The molecule has 0 saturated carbocycles. The second-order valence-electron chi connectivity index (χ2n) is 6.44. The Kier molecular flexibility index (Phi) is 5.97. The van der Waals surface area contributed by atoms with E-state index in [1.54, 1.807) is 12.3 Å². The molecule has 8 heteroatoms. The summed E-state index contributed by atoms with van der Waals surface area (Å²) in [5.41, 5.74) is 1.05. The van der Waals surface area contributed by atoms with E-state index < -0.39 is 4.92 Å². The quantitative estimate of drug-likeness (QED) is 0.619. The molecule has 1 aromatic carbocycles. The molecule has 27 heavy (non-hydrogen) atoms. The minimum absolute atomic E-state index is 0.100. The van der Waals surface area contributed by atoms with E-state index in [0.29, 0.717) is 6.54 Å². The lowest BCUT2D eigenvalue weighted by Crippen LogP contribution is -2.46. The number of aromatic nitrogens is 1. The van der Waals surface area contributed by atoms with E-state index in [-0.39, 0.29) is 17.2 Å². The second kappa shape index (κ2) is 8.59. The predicted molar refractivity (Wildman–Crippen MR) is 103 cm³/mol. The fourth-order valence-electron chi connectivity index (χ4n) is 3.05. The number of carbonyl (C=O) groups excluding carboxylic acids is 1. The summed E-state index contributed by atoms with van der Waals surface area (Å²) in [5, 5.41) is 13.6. The molecule has 0 spiro atoms. The molecule has 1 fully saturated rings. The first-order chi connectivity index (χ1) is 13.1. The van der Waals surface area contributed by atoms with Gasteiger partial charge in [0.25, 0.3) is 11.6 Å². The van der Waals surface area contributed by atoms with Crippen molar-refractivity contribution in [1.29, 1.82) is 0 Å². The molecule has 1 amide bonds. The maximum Gasteiger partial charge on any atom is 0.270 e. The molecule has 2 aromatic rings. The number of hydrogen-bond donors (Lipinski definition) is 1. The summed E-state index contributed by atoms with van der Waals surface area (Å²) in [7, 11) is 0. The van der Waals surface area contributed by atoms with Crippen LogP contribution in [0.3, 0.4) is 0 Å². The number of nitrogens with one attached hydrogen (secondary N) is 1. The highest BCUT2D eigenvalue weighted by molar-refractivity contribution is 5.94. The molecule has 1 aromatic heterocycles. The van der Waals surface area contributed by atoms with Crippen LogP contribution in [-0.4, -0.2) is 53.4 Å². The van der Waals surface area contributed by atoms with Crippen LogP contribution in [0, 0.1) is 10.1 Å². The zero-order valence-electron chi connectivity index (χ0n) is 15.3. The highest BCUT2D eigenvalue weighted by Gasteiger charge is 2.16. The van der Waals surface area contributed by atoms with Crippen molar-refractivity contribution in [2.24, 2.45) is 0 Å². The topological polar surface area (TPSA) is 91.6 Å². The lowest BCUT2D eigenvalue weighted by atomic mass is 10.2. The van der Waals surface area contributed by atoms with Crippen LogP contribution < -0.4 is 10.2 Å². The lowest BCUT2D eigenvalue weighted by Gasteiger charge is -2.34. The molecule has 1 aliphatic rings. The van der Waals surface area contributed by atoms with Crippen molar-refractivity contribution in [3.05, 3.63) is 63.8 Å². The molecule has 0 bridgehead atoms. The number of amides is 1. The zero-order valence-corrected chi connectivity index (χ0v) is 15.3. The van der Waals surface area contributed by atoms with Crippen LogP contribution in [0.4, 0.5) is 11.5 Å². The fraction of sp³-hybridized carbons (Fsp3) is 0.368. The van der Waals surface area contributed by atoms with Crippen LogP contribution in [0.1, 0.15) is 22.8 Å². The van der Waals surface area contributed by atoms with E-state index in [9.17, 15) is 14.9 Å². The fourth-order valence-corrected chi connectivity index (χ4v) is 3.05. The molecular weight excluding hydrogens is 346 g/mol. The number of nitro benzene ring substituents is 1. The number of hydrogen-bond acceptors (Lipinski definition) is 6. The van der Waals surface area contributed by atoms with Crippen LogP contribution in [0.15, 0.2) is 42.6 Å². The summed E-state index contributed by atoms with van der Waals surface area (Å²) < 4.78 is 0. The first-order valence-corrected chi connectivity index (χ1v) is 9.01. The van der Waals surface area contributed by atoms with Gasteiger partial charge in [-0.05, 0) is 24.2 Å². The van der Waals surface area contributed by atoms with E-state index in [2.05, 4.69) is 27.0 Å². The molecule has 1 N–H and O–H groups in total. The first kappa shape index (κ1) is 18.8. The maximum atomic E-state index is 12.2. The summed E-state index contributed by atoms with van der Waals surface area (Å²) in [5.74, 6) is 0.595. The van der Waals surface area contributed by atoms with Gasteiger partial charge in [-0.1, -0.05) is 19.1 Å². The molecule has 0 atom stereocenters. The summed E-state index contributed by atoms with van der Waals surface area (Å²) in [6, 6.07) is 9.60. The van der Waals surface area contributed by atoms with Gasteiger partial charge in [-0.25, -0.2) is 4.98 Å². The number of rotatable bonds is 6. The Labute approximate surface area is 158 Å². The van der Waals surface area contributed by atoms with Crippen molar-refractivity contribution in [3.63, 3.8) is 0 Å². The van der Waals surface area contributed by atoms with Gasteiger partial charge in [-0.2, -0.15) is 0 Å². The van der Waals surface area contributed by atoms with Crippen molar-refractivity contribution in [2.75, 3.05) is 37.6 Å². The molecule has 1 saturated heterocycles.